The van der Waals surface area contributed by atoms with Crippen LogP contribution in [0.1, 0.15) is 23.0 Å². The summed E-state index contributed by atoms with van der Waals surface area (Å²) in [5.74, 6) is 0.627. The number of hydrogen-bond donors (Lipinski definition) is 0. The Hall–Kier alpha value is -3.23. The Morgan fingerprint density at radius 2 is 2.00 bits per heavy atom. The Labute approximate surface area is 200 Å². The highest BCUT2D eigenvalue weighted by Crippen LogP contribution is 2.34. The summed E-state index contributed by atoms with van der Waals surface area (Å²) in [4.78, 5) is 32.6. The summed E-state index contributed by atoms with van der Waals surface area (Å²) >= 11 is 2.95. The van der Waals surface area contributed by atoms with Gasteiger partial charge in [-0.05, 0) is 67.4 Å². The molecule has 33 heavy (non-hydrogen) atoms. The molecule has 4 rings (SSSR count). The van der Waals surface area contributed by atoms with Crippen molar-refractivity contribution in [3.8, 4) is 11.3 Å². The maximum absolute atomic E-state index is 12.8. The smallest absolute Gasteiger partial charge is 0.338 e. The van der Waals surface area contributed by atoms with Gasteiger partial charge in [0.25, 0.3) is 5.91 Å². The number of thioether (sulfide) groups is 2. The van der Waals surface area contributed by atoms with E-state index in [0.717, 1.165) is 16.1 Å². The van der Waals surface area contributed by atoms with Crippen LogP contribution in [-0.4, -0.2) is 41.9 Å². The van der Waals surface area contributed by atoms with E-state index in [4.69, 9.17) is 9.15 Å². The number of rotatable bonds is 6. The average molecular weight is 479 g/mol. The largest absolute Gasteiger partial charge is 0.462 e. The molecule has 0 N–H and O–H groups in total. The van der Waals surface area contributed by atoms with Crippen LogP contribution in [0.25, 0.3) is 17.4 Å². The molecular weight excluding hydrogens is 456 g/mol. The van der Waals surface area contributed by atoms with Gasteiger partial charge in [0.05, 0.1) is 22.8 Å². The molecule has 8 heteroatoms. The summed E-state index contributed by atoms with van der Waals surface area (Å²) < 4.78 is 11.0. The molecule has 3 aromatic rings. The fourth-order valence-corrected chi connectivity index (χ4v) is 4.59. The van der Waals surface area contributed by atoms with Gasteiger partial charge in [0.2, 0.25) is 0 Å². The van der Waals surface area contributed by atoms with E-state index in [2.05, 4.69) is 4.99 Å². The van der Waals surface area contributed by atoms with E-state index in [1.807, 2.05) is 42.7 Å². The summed E-state index contributed by atoms with van der Waals surface area (Å²) in [6.45, 7) is 2.08. The molecule has 1 aliphatic rings. The number of hydrogen-bond acceptors (Lipinski definition) is 7. The minimum atomic E-state index is -0.376. The summed E-state index contributed by atoms with van der Waals surface area (Å²) in [6.07, 6.45) is 3.72. The number of nitrogens with zero attached hydrogens (tertiary/aromatic N) is 2. The number of benzene rings is 2. The number of furan rings is 1. The molecule has 2 heterocycles. The first-order valence-electron chi connectivity index (χ1n) is 10.3. The first-order valence-corrected chi connectivity index (χ1v) is 12.3. The van der Waals surface area contributed by atoms with E-state index in [1.165, 1.54) is 16.7 Å². The molecule has 0 unspecified atom stereocenters. The van der Waals surface area contributed by atoms with Crippen LogP contribution in [0, 0.1) is 0 Å². The lowest BCUT2D eigenvalue weighted by Crippen LogP contribution is -2.23. The normalized spacial score (nSPS) is 16.1. The van der Waals surface area contributed by atoms with E-state index < -0.39 is 0 Å². The molecule has 1 saturated heterocycles. The molecule has 0 bridgehead atoms. The van der Waals surface area contributed by atoms with E-state index >= 15 is 0 Å². The second-order valence-corrected chi connectivity index (χ2v) is 8.96. The van der Waals surface area contributed by atoms with Gasteiger partial charge in [-0.1, -0.05) is 18.2 Å². The first kappa shape index (κ1) is 22.9. The zero-order valence-corrected chi connectivity index (χ0v) is 20.0. The quantitative estimate of drug-likeness (QED) is 0.243. The van der Waals surface area contributed by atoms with Gasteiger partial charge in [0.1, 0.15) is 11.5 Å². The van der Waals surface area contributed by atoms with Gasteiger partial charge in [0, 0.05) is 23.6 Å². The van der Waals surface area contributed by atoms with Gasteiger partial charge in [-0.2, -0.15) is 0 Å². The molecule has 1 fully saturated rings. The zero-order valence-electron chi connectivity index (χ0n) is 18.4. The van der Waals surface area contributed by atoms with Crippen molar-refractivity contribution in [3.05, 3.63) is 76.9 Å². The van der Waals surface area contributed by atoms with Crippen molar-refractivity contribution < 1.29 is 18.7 Å². The van der Waals surface area contributed by atoms with E-state index in [1.54, 1.807) is 56.1 Å². The number of esters is 1. The average Bonchev–Trinajstić information content (AvgIpc) is 3.40. The lowest BCUT2D eigenvalue weighted by atomic mass is 10.1. The zero-order chi connectivity index (χ0) is 23.4. The van der Waals surface area contributed by atoms with Crippen molar-refractivity contribution in [2.24, 2.45) is 4.99 Å². The molecule has 6 nitrogen and oxygen atoms in total. The Morgan fingerprint density at radius 3 is 2.79 bits per heavy atom. The van der Waals surface area contributed by atoms with Gasteiger partial charge in [0.15, 0.2) is 5.17 Å². The second kappa shape index (κ2) is 10.1. The third-order valence-corrected chi connectivity index (χ3v) is 6.63. The number of aliphatic imine (C=N–C) groups is 1. The minimum Gasteiger partial charge on any atom is -0.462 e. The highest BCUT2D eigenvalue weighted by molar-refractivity contribution is 8.18. The van der Waals surface area contributed by atoms with E-state index in [0.29, 0.717) is 33.8 Å². The molecule has 1 aromatic heterocycles. The molecular formula is C25H22N2O4S2. The van der Waals surface area contributed by atoms with Crippen LogP contribution >= 0.6 is 23.5 Å². The number of amides is 1. The minimum absolute atomic E-state index is 0.137. The standard InChI is InChI=1S/C25H22N2O4S2/c1-4-30-24(29)17-8-5-7-16(13-17)21-12-11-19(31-21)15-22-23(28)27(2)25(33-22)26-18-9-6-10-20(14-18)32-3/h5-15H,4H2,1-3H3/b22-15+,26-25?. The summed E-state index contributed by atoms with van der Waals surface area (Å²) in [5.41, 5.74) is 2.01. The SMILES string of the molecule is CCOC(=O)c1cccc(-c2ccc(/C=C3/SC(=Nc4cccc(SC)c4)N(C)C3=O)o2)c1. The molecule has 0 atom stereocenters. The molecule has 0 saturated carbocycles. The maximum Gasteiger partial charge on any atom is 0.338 e. The molecule has 1 amide bonds. The molecule has 168 valence electrons. The van der Waals surface area contributed by atoms with Crippen molar-refractivity contribution in [2.45, 2.75) is 11.8 Å². The third kappa shape index (κ3) is 5.23. The predicted molar refractivity (Wildman–Crippen MR) is 134 cm³/mol. The van der Waals surface area contributed by atoms with Crippen LogP contribution in [-0.2, 0) is 9.53 Å². The highest BCUT2D eigenvalue weighted by Gasteiger charge is 2.30. The van der Waals surface area contributed by atoms with Crippen LogP contribution < -0.4 is 0 Å². The third-order valence-electron chi connectivity index (χ3n) is 4.84. The summed E-state index contributed by atoms with van der Waals surface area (Å²) in [6, 6.07) is 18.5. The number of likely N-dealkylation sites (N-methyl/N-ethyl adjacent to an activating group) is 1. The lowest BCUT2D eigenvalue weighted by Gasteiger charge is -2.07. The number of amidine groups is 1. The van der Waals surface area contributed by atoms with Crippen LogP contribution in [0.3, 0.4) is 0 Å². The lowest BCUT2D eigenvalue weighted by molar-refractivity contribution is -0.121. The van der Waals surface area contributed by atoms with Crippen LogP contribution in [0.5, 0.6) is 0 Å². The Bertz CT molecular complexity index is 1260. The Balaban J connectivity index is 1.56. The van der Waals surface area contributed by atoms with Gasteiger partial charge in [-0.25, -0.2) is 9.79 Å². The van der Waals surface area contributed by atoms with Crippen molar-refractivity contribution in [1.82, 2.24) is 4.90 Å². The molecule has 0 spiro atoms. The number of ether oxygens (including phenoxy) is 1. The van der Waals surface area contributed by atoms with E-state index in [9.17, 15) is 9.59 Å². The Kier molecular flexibility index (Phi) is 7.05. The topological polar surface area (TPSA) is 72.1 Å². The van der Waals surface area contributed by atoms with Crippen molar-refractivity contribution in [1.29, 1.82) is 0 Å². The fourth-order valence-electron chi connectivity index (χ4n) is 3.17. The summed E-state index contributed by atoms with van der Waals surface area (Å²) in [7, 11) is 1.71. The van der Waals surface area contributed by atoms with Crippen LogP contribution in [0.15, 0.2) is 79.9 Å². The molecule has 1 aliphatic heterocycles. The van der Waals surface area contributed by atoms with Gasteiger partial charge >= 0.3 is 5.97 Å². The van der Waals surface area contributed by atoms with Crippen molar-refractivity contribution in [3.63, 3.8) is 0 Å². The summed E-state index contributed by atoms with van der Waals surface area (Å²) in [5, 5.41) is 0.610. The highest BCUT2D eigenvalue weighted by atomic mass is 32.2. The molecule has 0 radical (unpaired) electrons. The number of carbonyl (C=O) groups excluding carboxylic acids is 2. The van der Waals surface area contributed by atoms with Gasteiger partial charge in [-0.3, -0.25) is 9.69 Å². The fraction of sp³-hybridized carbons (Fsp3) is 0.160. The second-order valence-electron chi connectivity index (χ2n) is 7.07. The van der Waals surface area contributed by atoms with Crippen molar-refractivity contribution >= 4 is 52.3 Å². The van der Waals surface area contributed by atoms with Gasteiger partial charge < -0.3 is 9.15 Å². The maximum atomic E-state index is 12.8. The van der Waals surface area contributed by atoms with Crippen LogP contribution in [0.2, 0.25) is 0 Å². The van der Waals surface area contributed by atoms with Crippen LogP contribution in [0.4, 0.5) is 5.69 Å². The molecule has 2 aromatic carbocycles. The monoisotopic (exact) mass is 478 g/mol. The number of carbonyl (C=O) groups is 2. The van der Waals surface area contributed by atoms with Gasteiger partial charge in [-0.15, -0.1) is 11.8 Å². The van der Waals surface area contributed by atoms with Crippen molar-refractivity contribution in [2.75, 3.05) is 19.9 Å². The van der Waals surface area contributed by atoms with E-state index in [-0.39, 0.29) is 11.9 Å². The molecule has 0 aliphatic carbocycles. The Morgan fingerprint density at radius 1 is 1.18 bits per heavy atom. The first-order chi connectivity index (χ1) is 16.0. The predicted octanol–water partition coefficient (Wildman–Crippen LogP) is 6.08.